The van der Waals surface area contributed by atoms with Crippen LogP contribution in [0.25, 0.3) is 4.96 Å². The molecule has 0 unspecified atom stereocenters. The molecule has 1 aliphatic heterocycles. The van der Waals surface area contributed by atoms with Gasteiger partial charge in [0.15, 0.2) is 6.04 Å². The summed E-state index contributed by atoms with van der Waals surface area (Å²) in [5.74, 6) is -0.103. The summed E-state index contributed by atoms with van der Waals surface area (Å²) >= 11 is 1.46. The number of benzene rings is 1. The van der Waals surface area contributed by atoms with Gasteiger partial charge < -0.3 is 14.9 Å². The number of halogens is 1. The Kier molecular flexibility index (Phi) is 4.41. The number of nitrogens with one attached hydrogen (secondary N) is 2. The molecule has 0 radical (unpaired) electrons. The van der Waals surface area contributed by atoms with Crippen LogP contribution in [0.1, 0.15) is 23.4 Å². The smallest absolute Gasteiger partial charge is 0.235 e. The highest BCUT2D eigenvalue weighted by molar-refractivity contribution is 7.17. The summed E-state index contributed by atoms with van der Waals surface area (Å²) in [6, 6.07) is 6.59. The molecule has 1 saturated heterocycles. The van der Waals surface area contributed by atoms with Crippen LogP contribution in [0.4, 0.5) is 4.39 Å². The molecule has 1 fully saturated rings. The highest BCUT2D eigenvalue weighted by Crippen LogP contribution is 2.34. The van der Waals surface area contributed by atoms with Crippen LogP contribution in [0.2, 0.25) is 0 Å². The van der Waals surface area contributed by atoms with E-state index < -0.39 is 0 Å². The molecule has 25 heavy (non-hydrogen) atoms. The van der Waals surface area contributed by atoms with Gasteiger partial charge in [0.05, 0.1) is 6.54 Å². The second kappa shape index (κ2) is 6.70. The first-order valence-corrected chi connectivity index (χ1v) is 9.44. The maximum Gasteiger partial charge on any atom is 0.235 e. The highest BCUT2D eigenvalue weighted by Gasteiger charge is 2.35. The number of quaternary nitrogens is 2. The van der Waals surface area contributed by atoms with Crippen molar-refractivity contribution in [2.24, 2.45) is 0 Å². The first kappa shape index (κ1) is 16.4. The van der Waals surface area contributed by atoms with Crippen LogP contribution in [0, 0.1) is 5.82 Å². The van der Waals surface area contributed by atoms with E-state index in [0.29, 0.717) is 4.96 Å². The van der Waals surface area contributed by atoms with Gasteiger partial charge in [0, 0.05) is 5.56 Å². The zero-order valence-electron chi connectivity index (χ0n) is 14.1. The summed E-state index contributed by atoms with van der Waals surface area (Å²) in [5.41, 5.74) is 1.01. The Hall–Kier alpha value is -2.03. The van der Waals surface area contributed by atoms with Crippen LogP contribution in [0.5, 0.6) is 5.88 Å². The van der Waals surface area contributed by atoms with Crippen LogP contribution in [-0.2, 0) is 0 Å². The van der Waals surface area contributed by atoms with Crippen molar-refractivity contribution < 1.29 is 19.3 Å². The van der Waals surface area contributed by atoms with Gasteiger partial charge >= 0.3 is 0 Å². The van der Waals surface area contributed by atoms with E-state index in [-0.39, 0.29) is 17.7 Å². The van der Waals surface area contributed by atoms with Gasteiger partial charge in [-0.2, -0.15) is 9.61 Å². The largest absolute Gasteiger partial charge is 0.492 e. The number of hydrogen-bond acceptors (Lipinski definition) is 4. The van der Waals surface area contributed by atoms with Crippen molar-refractivity contribution >= 4 is 16.3 Å². The molecule has 0 bridgehead atoms. The third-order valence-corrected chi connectivity index (χ3v) is 6.21. The first-order valence-electron chi connectivity index (χ1n) is 8.62. The lowest BCUT2D eigenvalue weighted by molar-refractivity contribution is -1.02. The summed E-state index contributed by atoms with van der Waals surface area (Å²) in [4.78, 5) is 8.72. The molecule has 0 aliphatic carbocycles. The number of aromatic nitrogens is 3. The molecule has 6 nitrogen and oxygen atoms in total. The van der Waals surface area contributed by atoms with E-state index in [9.17, 15) is 9.50 Å². The zero-order chi connectivity index (χ0) is 17.4. The molecular weight excluding hydrogens is 341 g/mol. The molecule has 8 heteroatoms. The molecule has 4 rings (SSSR count). The number of piperazine rings is 1. The normalized spacial score (nSPS) is 22.3. The van der Waals surface area contributed by atoms with Crippen molar-refractivity contribution in [1.82, 2.24) is 14.6 Å². The second-order valence-electron chi connectivity index (χ2n) is 6.49. The summed E-state index contributed by atoms with van der Waals surface area (Å²) in [7, 11) is 0. The second-order valence-corrected chi connectivity index (χ2v) is 7.50. The fourth-order valence-electron chi connectivity index (χ4n) is 3.68. The van der Waals surface area contributed by atoms with Gasteiger partial charge in [-0.05, 0) is 31.2 Å². The van der Waals surface area contributed by atoms with E-state index >= 15 is 0 Å². The SMILES string of the molecule is CC[NH+]1CC[NH+]([C@H](c2ccc(F)cc2)c2sc3ncnn3c2O)CC1. The number of fused-ring (bicyclic) bond motifs is 1. The standard InChI is InChI=1S/C17H20FN5OS/c1-2-21-7-9-22(10-8-21)14(12-3-5-13(18)6-4-12)15-16(24)23-17(25-15)19-11-20-23/h3-6,11,14,24H,2,7-10H2,1H3/p+2/t14-/m1/s1. The van der Waals surface area contributed by atoms with Gasteiger partial charge in [0.25, 0.3) is 0 Å². The molecule has 0 amide bonds. The fraction of sp³-hybridized carbons (Fsp3) is 0.412. The molecule has 2 aromatic heterocycles. The summed E-state index contributed by atoms with van der Waals surface area (Å²) in [6.07, 6.45) is 1.44. The molecule has 3 heterocycles. The molecule has 0 spiro atoms. The zero-order valence-corrected chi connectivity index (χ0v) is 14.9. The van der Waals surface area contributed by atoms with E-state index in [4.69, 9.17) is 0 Å². The summed E-state index contributed by atoms with van der Waals surface area (Å²) < 4.78 is 14.9. The molecule has 1 atom stereocenters. The first-order chi connectivity index (χ1) is 12.2. The monoisotopic (exact) mass is 363 g/mol. The van der Waals surface area contributed by atoms with E-state index in [1.54, 1.807) is 4.90 Å². The summed E-state index contributed by atoms with van der Waals surface area (Å²) in [6.45, 7) is 7.58. The van der Waals surface area contributed by atoms with Crippen LogP contribution in [0.15, 0.2) is 30.6 Å². The van der Waals surface area contributed by atoms with Gasteiger partial charge in [0.1, 0.15) is 43.2 Å². The Morgan fingerprint density at radius 2 is 1.96 bits per heavy atom. The molecule has 0 saturated carbocycles. The minimum Gasteiger partial charge on any atom is -0.492 e. The molecular formula is C17H22FN5OS+2. The van der Waals surface area contributed by atoms with Gasteiger partial charge in [0.2, 0.25) is 10.8 Å². The third-order valence-electron chi connectivity index (χ3n) is 5.11. The topological polar surface area (TPSA) is 59.3 Å². The Labute approximate surface area is 149 Å². The average Bonchev–Trinajstić information content (AvgIpc) is 3.21. The van der Waals surface area contributed by atoms with Crippen molar-refractivity contribution in [3.05, 3.63) is 46.9 Å². The quantitative estimate of drug-likeness (QED) is 0.587. The Bertz CT molecular complexity index is 854. The van der Waals surface area contributed by atoms with Gasteiger partial charge in [-0.3, -0.25) is 0 Å². The minimum absolute atomic E-state index is 0.0347. The van der Waals surface area contributed by atoms with Gasteiger partial charge in [-0.25, -0.2) is 9.37 Å². The summed E-state index contributed by atoms with van der Waals surface area (Å²) in [5, 5.41) is 14.8. The lowest BCUT2D eigenvalue weighted by Crippen LogP contribution is -3.28. The Morgan fingerprint density at radius 3 is 2.60 bits per heavy atom. The lowest BCUT2D eigenvalue weighted by atomic mass is 10.0. The molecule has 3 aromatic rings. The van der Waals surface area contributed by atoms with Crippen molar-refractivity contribution in [2.45, 2.75) is 13.0 Å². The number of hydrogen-bond donors (Lipinski definition) is 3. The van der Waals surface area contributed by atoms with Crippen molar-refractivity contribution in [2.75, 3.05) is 32.7 Å². The predicted octanol–water partition coefficient (Wildman–Crippen LogP) is -0.472. The molecule has 132 valence electrons. The number of likely N-dealkylation sites (N-methyl/N-ethyl adjacent to an activating group) is 1. The van der Waals surface area contributed by atoms with E-state index in [2.05, 4.69) is 17.0 Å². The van der Waals surface area contributed by atoms with Crippen molar-refractivity contribution in [1.29, 1.82) is 0 Å². The Balaban J connectivity index is 1.74. The Morgan fingerprint density at radius 1 is 1.24 bits per heavy atom. The molecule has 3 N–H and O–H groups in total. The van der Waals surface area contributed by atoms with Crippen LogP contribution in [-0.4, -0.2) is 52.4 Å². The molecule has 1 aliphatic rings. The number of aromatic hydroxyl groups is 1. The van der Waals surface area contributed by atoms with Gasteiger partial charge in [-0.1, -0.05) is 11.3 Å². The van der Waals surface area contributed by atoms with Crippen molar-refractivity contribution in [3.8, 4) is 5.88 Å². The van der Waals surface area contributed by atoms with Crippen LogP contribution >= 0.6 is 11.3 Å². The molecule has 1 aromatic carbocycles. The predicted molar refractivity (Wildman–Crippen MR) is 92.7 cm³/mol. The van der Waals surface area contributed by atoms with Crippen LogP contribution in [0.3, 0.4) is 0 Å². The number of rotatable bonds is 4. The van der Waals surface area contributed by atoms with E-state index in [1.165, 1.54) is 39.2 Å². The fourth-order valence-corrected chi connectivity index (χ4v) is 4.79. The lowest BCUT2D eigenvalue weighted by Gasteiger charge is -2.34. The highest BCUT2D eigenvalue weighted by atomic mass is 32.1. The third kappa shape index (κ3) is 3.01. The minimum atomic E-state index is -0.246. The van der Waals surface area contributed by atoms with Gasteiger partial charge in [-0.15, -0.1) is 0 Å². The van der Waals surface area contributed by atoms with Crippen molar-refractivity contribution in [3.63, 3.8) is 0 Å². The average molecular weight is 363 g/mol. The van der Waals surface area contributed by atoms with Crippen LogP contribution < -0.4 is 9.80 Å². The number of nitrogens with zero attached hydrogens (tertiary/aromatic N) is 3. The van der Waals surface area contributed by atoms with E-state index in [0.717, 1.165) is 43.2 Å². The maximum atomic E-state index is 13.4. The van der Waals surface area contributed by atoms with E-state index in [1.807, 2.05) is 12.1 Å². The number of thiazole rings is 1. The maximum absolute atomic E-state index is 13.4.